The Morgan fingerprint density at radius 1 is 1.18 bits per heavy atom. The van der Waals surface area contributed by atoms with Crippen LogP contribution in [0, 0.1) is 23.7 Å². The molecule has 1 aliphatic carbocycles. The van der Waals surface area contributed by atoms with Gasteiger partial charge in [0.1, 0.15) is 0 Å². The summed E-state index contributed by atoms with van der Waals surface area (Å²) in [6.45, 7) is 5.98. The molecule has 0 aromatic heterocycles. The second-order valence-electron chi connectivity index (χ2n) is 8.74. The molecule has 1 N–H and O–H groups in total. The quantitative estimate of drug-likeness (QED) is 0.612. The molecule has 1 heterocycles. The van der Waals surface area contributed by atoms with Crippen LogP contribution in [0.5, 0.6) is 0 Å². The van der Waals surface area contributed by atoms with Crippen LogP contribution in [0.2, 0.25) is 0 Å². The fraction of sp³-hybridized carbons (Fsp3) is 0.708. The molecular formula is C24H36O4. The summed E-state index contributed by atoms with van der Waals surface area (Å²) >= 11 is 0. The van der Waals surface area contributed by atoms with Gasteiger partial charge in [-0.2, -0.15) is 0 Å². The van der Waals surface area contributed by atoms with Crippen LogP contribution in [0.15, 0.2) is 24.3 Å². The van der Waals surface area contributed by atoms with E-state index >= 15 is 0 Å². The molecule has 1 aromatic rings. The Morgan fingerprint density at radius 2 is 1.93 bits per heavy atom. The largest absolute Gasteiger partial charge is 0.481 e. The van der Waals surface area contributed by atoms with Gasteiger partial charge in [-0.1, -0.05) is 70.2 Å². The predicted molar refractivity (Wildman–Crippen MR) is 110 cm³/mol. The Bertz CT molecular complexity index is 612. The number of rotatable bonds is 9. The number of hydrogen-bond donors (Lipinski definition) is 1. The first-order chi connectivity index (χ1) is 13.6. The maximum absolute atomic E-state index is 10.7. The second kappa shape index (κ2) is 10.4. The molecule has 0 spiro atoms. The van der Waals surface area contributed by atoms with Crippen LogP contribution in [-0.2, 0) is 27.3 Å². The van der Waals surface area contributed by atoms with Crippen LogP contribution in [-0.4, -0.2) is 24.0 Å². The first-order valence-corrected chi connectivity index (χ1v) is 11.1. The van der Waals surface area contributed by atoms with Crippen LogP contribution in [0.3, 0.4) is 0 Å². The minimum absolute atomic E-state index is 0.113. The van der Waals surface area contributed by atoms with Gasteiger partial charge in [-0.25, -0.2) is 0 Å². The third kappa shape index (κ3) is 5.57. The van der Waals surface area contributed by atoms with Gasteiger partial charge < -0.3 is 14.6 Å². The van der Waals surface area contributed by atoms with Crippen molar-refractivity contribution in [1.29, 1.82) is 0 Å². The van der Waals surface area contributed by atoms with Crippen molar-refractivity contribution in [3.05, 3.63) is 35.4 Å². The number of carboxylic acid groups (broad SMARTS) is 1. The van der Waals surface area contributed by atoms with Gasteiger partial charge in [-0.15, -0.1) is 0 Å². The molecule has 3 rings (SSSR count). The van der Waals surface area contributed by atoms with Gasteiger partial charge >= 0.3 is 5.97 Å². The predicted octanol–water partition coefficient (Wildman–Crippen LogP) is 5.44. The number of benzene rings is 1. The highest BCUT2D eigenvalue weighted by Gasteiger charge is 2.43. The smallest absolute Gasteiger partial charge is 0.303 e. The van der Waals surface area contributed by atoms with E-state index in [9.17, 15) is 4.79 Å². The highest BCUT2D eigenvalue weighted by molar-refractivity contribution is 5.67. The van der Waals surface area contributed by atoms with E-state index in [-0.39, 0.29) is 12.7 Å². The number of fused-ring (bicyclic) bond motifs is 1. The molecule has 1 aliphatic heterocycles. The standard InChI is InChI=1S/C24H36O4/c1-3-4-6-20-7-5-8-21-17(2)24(28-16-22(20)21)27-15-19-11-9-18(10-12-19)13-14-23(25)26/h9-12,17,20-22,24H,3-8,13-16H2,1-2H3,(H,25,26). The molecule has 2 fully saturated rings. The Kier molecular flexibility index (Phi) is 7.92. The van der Waals surface area contributed by atoms with Crippen molar-refractivity contribution < 1.29 is 19.4 Å². The van der Waals surface area contributed by atoms with Crippen LogP contribution in [0.25, 0.3) is 0 Å². The van der Waals surface area contributed by atoms with E-state index < -0.39 is 5.97 Å². The minimum atomic E-state index is -0.756. The number of hydrogen-bond acceptors (Lipinski definition) is 3. The molecule has 0 bridgehead atoms. The molecule has 4 heteroatoms. The summed E-state index contributed by atoms with van der Waals surface area (Å²) in [4.78, 5) is 10.7. The number of carbonyl (C=O) groups is 1. The summed E-state index contributed by atoms with van der Waals surface area (Å²) in [6, 6.07) is 8.08. The van der Waals surface area contributed by atoms with Crippen LogP contribution in [0.1, 0.15) is 69.9 Å². The number of unbranched alkanes of at least 4 members (excludes halogenated alkanes) is 1. The normalized spacial score (nSPS) is 30.0. The summed E-state index contributed by atoms with van der Waals surface area (Å²) in [5.41, 5.74) is 2.16. The molecule has 1 saturated heterocycles. The van der Waals surface area contributed by atoms with E-state index in [0.29, 0.717) is 24.9 Å². The highest BCUT2D eigenvalue weighted by atomic mass is 16.7. The molecule has 5 unspecified atom stereocenters. The maximum atomic E-state index is 10.7. The fourth-order valence-corrected chi connectivity index (χ4v) is 5.12. The fourth-order valence-electron chi connectivity index (χ4n) is 5.12. The molecule has 0 radical (unpaired) electrons. The van der Waals surface area contributed by atoms with E-state index in [4.69, 9.17) is 14.6 Å². The Balaban J connectivity index is 1.50. The maximum Gasteiger partial charge on any atom is 0.303 e. The van der Waals surface area contributed by atoms with Crippen molar-refractivity contribution >= 4 is 5.97 Å². The minimum Gasteiger partial charge on any atom is -0.481 e. The number of carboxylic acids is 1. The summed E-state index contributed by atoms with van der Waals surface area (Å²) in [5, 5.41) is 8.79. The lowest BCUT2D eigenvalue weighted by Crippen LogP contribution is -2.46. The molecule has 28 heavy (non-hydrogen) atoms. The zero-order valence-electron chi connectivity index (χ0n) is 17.4. The van der Waals surface area contributed by atoms with Gasteiger partial charge in [0.2, 0.25) is 0 Å². The van der Waals surface area contributed by atoms with Gasteiger partial charge in [0.15, 0.2) is 6.29 Å². The Hall–Kier alpha value is -1.39. The molecule has 5 atom stereocenters. The second-order valence-corrected chi connectivity index (χ2v) is 8.74. The van der Waals surface area contributed by atoms with E-state index in [1.807, 2.05) is 24.3 Å². The molecule has 4 nitrogen and oxygen atoms in total. The SMILES string of the molecule is CCCCC1CCCC2C(C)C(OCc3ccc(CCC(=O)O)cc3)OCC12. The van der Waals surface area contributed by atoms with Crippen molar-refractivity contribution in [2.75, 3.05) is 6.61 Å². The summed E-state index contributed by atoms with van der Waals surface area (Å²) in [7, 11) is 0. The van der Waals surface area contributed by atoms with Crippen LogP contribution in [0.4, 0.5) is 0 Å². The number of ether oxygens (including phenoxy) is 2. The topological polar surface area (TPSA) is 55.8 Å². The molecule has 1 saturated carbocycles. The van der Waals surface area contributed by atoms with Gasteiger partial charge in [0.25, 0.3) is 0 Å². The van der Waals surface area contributed by atoms with E-state index in [1.165, 1.54) is 38.5 Å². The third-order valence-corrected chi connectivity index (χ3v) is 6.82. The highest BCUT2D eigenvalue weighted by Crippen LogP contribution is 2.45. The third-order valence-electron chi connectivity index (χ3n) is 6.82. The zero-order chi connectivity index (χ0) is 19.9. The van der Waals surface area contributed by atoms with Crippen molar-refractivity contribution in [2.45, 2.75) is 78.1 Å². The van der Waals surface area contributed by atoms with Gasteiger partial charge in [-0.3, -0.25) is 4.79 Å². The van der Waals surface area contributed by atoms with Crippen molar-refractivity contribution in [1.82, 2.24) is 0 Å². The summed E-state index contributed by atoms with van der Waals surface area (Å²) in [6.07, 6.45) is 8.64. The van der Waals surface area contributed by atoms with Crippen molar-refractivity contribution in [2.24, 2.45) is 23.7 Å². The van der Waals surface area contributed by atoms with Gasteiger partial charge in [0.05, 0.1) is 13.2 Å². The zero-order valence-corrected chi connectivity index (χ0v) is 17.4. The first-order valence-electron chi connectivity index (χ1n) is 11.1. The van der Waals surface area contributed by atoms with Crippen molar-refractivity contribution in [3.63, 3.8) is 0 Å². The van der Waals surface area contributed by atoms with Crippen molar-refractivity contribution in [3.8, 4) is 0 Å². The van der Waals surface area contributed by atoms with Gasteiger partial charge in [0, 0.05) is 12.3 Å². The molecule has 0 amide bonds. The van der Waals surface area contributed by atoms with Crippen LogP contribution < -0.4 is 0 Å². The van der Waals surface area contributed by atoms with E-state index in [1.54, 1.807) is 0 Å². The molecule has 2 aliphatic rings. The molecular weight excluding hydrogens is 352 g/mol. The van der Waals surface area contributed by atoms with Gasteiger partial charge in [-0.05, 0) is 41.7 Å². The lowest BCUT2D eigenvalue weighted by Gasteiger charge is -2.47. The summed E-state index contributed by atoms with van der Waals surface area (Å²) in [5.74, 6) is 1.96. The monoisotopic (exact) mass is 388 g/mol. The lowest BCUT2D eigenvalue weighted by molar-refractivity contribution is -0.237. The first kappa shape index (κ1) is 21.3. The number of aryl methyl sites for hydroxylation is 1. The Morgan fingerprint density at radius 3 is 2.64 bits per heavy atom. The average Bonchev–Trinajstić information content (AvgIpc) is 2.71. The summed E-state index contributed by atoms with van der Waals surface area (Å²) < 4.78 is 12.4. The molecule has 1 aromatic carbocycles. The molecule has 156 valence electrons. The van der Waals surface area contributed by atoms with E-state index in [0.717, 1.165) is 29.6 Å². The van der Waals surface area contributed by atoms with E-state index in [2.05, 4.69) is 13.8 Å². The number of aliphatic carboxylic acids is 1. The Labute approximate surface area is 169 Å². The van der Waals surface area contributed by atoms with Crippen LogP contribution >= 0.6 is 0 Å². The average molecular weight is 389 g/mol. The lowest BCUT2D eigenvalue weighted by atomic mass is 9.65.